The van der Waals surface area contributed by atoms with E-state index >= 15 is 0 Å². The van der Waals surface area contributed by atoms with Crippen LogP contribution in [0.5, 0.6) is 0 Å². The van der Waals surface area contributed by atoms with Crippen molar-refractivity contribution in [3.8, 4) is 0 Å². The highest BCUT2D eigenvalue weighted by molar-refractivity contribution is 6.29. The molecule has 3 heterocycles. The van der Waals surface area contributed by atoms with Gasteiger partial charge in [0.1, 0.15) is 0 Å². The molecule has 7 heteroatoms. The van der Waals surface area contributed by atoms with Crippen molar-refractivity contribution in [2.24, 2.45) is 0 Å². The minimum Gasteiger partial charge on any atom is -0.344 e. The zero-order valence-corrected chi connectivity index (χ0v) is 14.4. The summed E-state index contributed by atoms with van der Waals surface area (Å²) in [6, 6.07) is 2.31. The first-order valence-corrected chi connectivity index (χ1v) is 8.24. The Morgan fingerprint density at radius 2 is 2.22 bits per heavy atom. The number of likely N-dealkylation sites (tertiary alicyclic amines) is 1. The van der Waals surface area contributed by atoms with E-state index in [2.05, 4.69) is 23.2 Å². The summed E-state index contributed by atoms with van der Waals surface area (Å²) in [7, 11) is 0. The second kappa shape index (κ2) is 6.35. The number of hydrogen-bond acceptors (Lipinski definition) is 4. The van der Waals surface area contributed by atoms with E-state index in [0.29, 0.717) is 17.8 Å². The van der Waals surface area contributed by atoms with Crippen LogP contribution in [0.15, 0.2) is 10.6 Å². The monoisotopic (exact) mass is 336 g/mol. The van der Waals surface area contributed by atoms with E-state index in [1.165, 1.54) is 0 Å². The van der Waals surface area contributed by atoms with E-state index in [1.54, 1.807) is 6.92 Å². The Morgan fingerprint density at radius 1 is 1.43 bits per heavy atom. The van der Waals surface area contributed by atoms with Crippen LogP contribution in [0.25, 0.3) is 0 Å². The molecule has 1 fully saturated rings. The molecule has 124 valence electrons. The minimum absolute atomic E-state index is 0.0597. The number of carbonyl (C=O) groups is 1. The van der Waals surface area contributed by atoms with Gasteiger partial charge in [-0.25, -0.2) is 0 Å². The van der Waals surface area contributed by atoms with E-state index in [0.717, 1.165) is 30.8 Å². The van der Waals surface area contributed by atoms with Gasteiger partial charge in [-0.05, 0) is 51.3 Å². The lowest BCUT2D eigenvalue weighted by molar-refractivity contribution is -0.132. The molecule has 23 heavy (non-hydrogen) atoms. The Labute approximate surface area is 140 Å². The number of amides is 1. The molecular formula is C16H21ClN4O2. The minimum atomic E-state index is 0.0597. The number of aryl methyl sites for hydroxylation is 3. The van der Waals surface area contributed by atoms with Crippen molar-refractivity contribution in [3.63, 3.8) is 0 Å². The summed E-state index contributed by atoms with van der Waals surface area (Å²) in [4.78, 5) is 14.5. The summed E-state index contributed by atoms with van der Waals surface area (Å²) in [5.74, 6) is 0.0597. The van der Waals surface area contributed by atoms with Crippen molar-refractivity contribution in [1.29, 1.82) is 0 Å². The second-order valence-corrected chi connectivity index (χ2v) is 6.55. The van der Waals surface area contributed by atoms with Gasteiger partial charge in [0.25, 0.3) is 0 Å². The fourth-order valence-electron chi connectivity index (χ4n) is 3.22. The summed E-state index contributed by atoms with van der Waals surface area (Å²) >= 11 is 5.96. The quantitative estimate of drug-likeness (QED) is 0.864. The molecule has 0 aromatic carbocycles. The van der Waals surface area contributed by atoms with Crippen LogP contribution < -0.4 is 0 Å². The second-order valence-electron chi connectivity index (χ2n) is 6.20. The lowest BCUT2D eigenvalue weighted by Crippen LogP contribution is -2.42. The maximum atomic E-state index is 12.6. The van der Waals surface area contributed by atoms with E-state index in [4.69, 9.17) is 16.1 Å². The summed E-state index contributed by atoms with van der Waals surface area (Å²) in [6.07, 6.45) is 2.25. The molecule has 1 aliphatic heterocycles. The van der Waals surface area contributed by atoms with Gasteiger partial charge in [0.05, 0.1) is 23.9 Å². The number of nitrogens with zero attached hydrogens (tertiary/aromatic N) is 4. The topological polar surface area (TPSA) is 64.2 Å². The molecule has 3 rings (SSSR count). The fraction of sp³-hybridized carbons (Fsp3) is 0.562. The summed E-state index contributed by atoms with van der Waals surface area (Å²) < 4.78 is 6.97. The van der Waals surface area contributed by atoms with Crippen molar-refractivity contribution >= 4 is 17.5 Å². The van der Waals surface area contributed by atoms with Gasteiger partial charge in [-0.15, -0.1) is 0 Å². The van der Waals surface area contributed by atoms with Crippen molar-refractivity contribution in [2.45, 2.75) is 46.1 Å². The summed E-state index contributed by atoms with van der Waals surface area (Å²) in [6.45, 7) is 7.30. The zero-order valence-electron chi connectivity index (χ0n) is 13.7. The predicted molar refractivity (Wildman–Crippen MR) is 86.5 cm³/mol. The van der Waals surface area contributed by atoms with E-state index in [9.17, 15) is 4.79 Å². The smallest absolute Gasteiger partial charge is 0.229 e. The van der Waals surface area contributed by atoms with Gasteiger partial charge >= 0.3 is 0 Å². The maximum Gasteiger partial charge on any atom is 0.229 e. The van der Waals surface area contributed by atoms with Crippen molar-refractivity contribution < 1.29 is 9.32 Å². The Hall–Kier alpha value is -1.82. The third kappa shape index (κ3) is 3.27. The SMILES string of the molecule is Cc1cc(C)n([C@H]2CCCN(C(=O)Cc3c(C)noc3Cl)C2)n1. The van der Waals surface area contributed by atoms with Gasteiger partial charge in [0, 0.05) is 24.3 Å². The standard InChI is InChI=1S/C16H21ClN4O2/c1-10-7-11(2)21(18-10)13-5-4-6-20(9-13)15(22)8-14-12(3)19-23-16(14)17/h7,13H,4-6,8-9H2,1-3H3/t13-/m0/s1. The molecule has 1 atom stereocenters. The molecule has 6 nitrogen and oxygen atoms in total. The van der Waals surface area contributed by atoms with E-state index in [1.807, 2.05) is 16.5 Å². The molecule has 1 aliphatic rings. The number of rotatable bonds is 3. The molecule has 2 aromatic heterocycles. The first-order valence-electron chi connectivity index (χ1n) is 7.87. The molecule has 2 aromatic rings. The molecule has 0 aliphatic carbocycles. The number of hydrogen-bond donors (Lipinski definition) is 0. The Morgan fingerprint density at radius 3 is 2.83 bits per heavy atom. The Balaban J connectivity index is 1.71. The average molecular weight is 337 g/mol. The van der Waals surface area contributed by atoms with Crippen LogP contribution in [0.1, 0.15) is 41.5 Å². The molecule has 1 saturated heterocycles. The third-order valence-electron chi connectivity index (χ3n) is 4.40. The van der Waals surface area contributed by atoms with Crippen molar-refractivity contribution in [2.75, 3.05) is 13.1 Å². The third-order valence-corrected chi connectivity index (χ3v) is 4.70. The van der Waals surface area contributed by atoms with E-state index < -0.39 is 0 Å². The highest BCUT2D eigenvalue weighted by Gasteiger charge is 2.27. The number of halogens is 1. The molecular weight excluding hydrogens is 316 g/mol. The Kier molecular flexibility index (Phi) is 4.43. The highest BCUT2D eigenvalue weighted by atomic mass is 35.5. The first kappa shape index (κ1) is 16.1. The summed E-state index contributed by atoms with van der Waals surface area (Å²) in [5.41, 5.74) is 3.51. The van der Waals surface area contributed by atoms with Crippen LogP contribution in [0, 0.1) is 20.8 Å². The molecule has 0 bridgehead atoms. The zero-order chi connectivity index (χ0) is 16.6. The molecule has 0 radical (unpaired) electrons. The highest BCUT2D eigenvalue weighted by Crippen LogP contribution is 2.25. The van der Waals surface area contributed by atoms with Gasteiger partial charge in [0.2, 0.25) is 11.1 Å². The summed E-state index contributed by atoms with van der Waals surface area (Å²) in [5, 5.41) is 8.57. The van der Waals surface area contributed by atoms with Crippen LogP contribution in [0.4, 0.5) is 0 Å². The van der Waals surface area contributed by atoms with Gasteiger partial charge in [-0.2, -0.15) is 5.10 Å². The lowest BCUT2D eigenvalue weighted by Gasteiger charge is -2.33. The van der Waals surface area contributed by atoms with Gasteiger partial charge in [-0.1, -0.05) is 5.16 Å². The van der Waals surface area contributed by atoms with Gasteiger partial charge < -0.3 is 9.42 Å². The van der Waals surface area contributed by atoms with Crippen molar-refractivity contribution in [3.05, 3.63) is 33.9 Å². The number of piperidine rings is 1. The average Bonchev–Trinajstić information content (AvgIpc) is 3.03. The van der Waals surface area contributed by atoms with E-state index in [-0.39, 0.29) is 23.6 Å². The largest absolute Gasteiger partial charge is 0.344 e. The van der Waals surface area contributed by atoms with Crippen LogP contribution in [0.2, 0.25) is 5.22 Å². The molecule has 0 saturated carbocycles. The first-order chi connectivity index (χ1) is 11.0. The molecule has 0 N–H and O–H groups in total. The molecule has 0 unspecified atom stereocenters. The Bertz CT molecular complexity index is 702. The molecule has 1 amide bonds. The van der Waals surface area contributed by atoms with Crippen LogP contribution >= 0.6 is 11.6 Å². The fourth-order valence-corrected chi connectivity index (χ4v) is 3.46. The maximum absolute atomic E-state index is 12.6. The van der Waals surface area contributed by atoms with Crippen LogP contribution in [-0.2, 0) is 11.2 Å². The number of carbonyl (C=O) groups excluding carboxylic acids is 1. The molecule has 0 spiro atoms. The van der Waals surface area contributed by atoms with Crippen molar-refractivity contribution in [1.82, 2.24) is 19.8 Å². The van der Waals surface area contributed by atoms with Crippen LogP contribution in [0.3, 0.4) is 0 Å². The number of aromatic nitrogens is 3. The lowest BCUT2D eigenvalue weighted by atomic mass is 10.0. The van der Waals surface area contributed by atoms with Gasteiger partial charge in [0.15, 0.2) is 0 Å². The normalized spacial score (nSPS) is 18.4. The van der Waals surface area contributed by atoms with Crippen LogP contribution in [-0.4, -0.2) is 38.8 Å². The van der Waals surface area contributed by atoms with Gasteiger partial charge in [-0.3, -0.25) is 9.48 Å². The predicted octanol–water partition coefficient (Wildman–Crippen LogP) is 2.86.